The molecule has 0 saturated carbocycles. The van der Waals surface area contributed by atoms with Crippen molar-refractivity contribution < 1.29 is 5.11 Å². The van der Waals surface area contributed by atoms with Crippen molar-refractivity contribution in [2.75, 3.05) is 6.61 Å². The van der Waals surface area contributed by atoms with E-state index in [0.29, 0.717) is 16.6 Å². The van der Waals surface area contributed by atoms with Gasteiger partial charge in [-0.2, -0.15) is 5.10 Å². The highest BCUT2D eigenvalue weighted by atomic mass is 35.5. The fourth-order valence-corrected chi connectivity index (χ4v) is 2.65. The molecule has 0 aliphatic rings. The van der Waals surface area contributed by atoms with Crippen molar-refractivity contribution in [3.63, 3.8) is 0 Å². The van der Waals surface area contributed by atoms with E-state index in [1.54, 1.807) is 4.68 Å². The molecule has 0 radical (unpaired) electrons. The number of hydrogen-bond donors (Lipinski definition) is 1. The first-order valence-electron chi connectivity index (χ1n) is 6.07. The lowest BCUT2D eigenvalue weighted by molar-refractivity contribution is 0.264. The van der Waals surface area contributed by atoms with E-state index in [1.165, 1.54) is 0 Å². The minimum Gasteiger partial charge on any atom is -0.396 e. The van der Waals surface area contributed by atoms with Crippen LogP contribution in [0.25, 0.3) is 0 Å². The molecule has 0 fully saturated rings. The molecule has 1 atom stereocenters. The molecule has 0 amide bonds. The molecule has 2 aromatic rings. The van der Waals surface area contributed by atoms with Gasteiger partial charge in [0.15, 0.2) is 0 Å². The monoisotopic (exact) mass is 298 g/mol. The molecule has 0 aliphatic heterocycles. The summed E-state index contributed by atoms with van der Waals surface area (Å²) in [4.78, 5) is 0. The Morgan fingerprint density at radius 1 is 1.37 bits per heavy atom. The smallest absolute Gasteiger partial charge is 0.130 e. The lowest BCUT2D eigenvalue weighted by Gasteiger charge is -2.15. The second-order valence-electron chi connectivity index (χ2n) is 4.62. The predicted molar refractivity (Wildman–Crippen MR) is 77.9 cm³/mol. The van der Waals surface area contributed by atoms with Crippen LogP contribution in [0.5, 0.6) is 0 Å². The maximum atomic E-state index is 9.61. The number of aliphatic hydroxyl groups is 1. The van der Waals surface area contributed by atoms with Gasteiger partial charge < -0.3 is 5.11 Å². The Bertz CT molecular complexity index is 581. The van der Waals surface area contributed by atoms with Crippen molar-refractivity contribution in [1.82, 2.24) is 9.78 Å². The summed E-state index contributed by atoms with van der Waals surface area (Å²) in [5, 5.41) is 15.2. The van der Waals surface area contributed by atoms with E-state index < -0.39 is 0 Å². The van der Waals surface area contributed by atoms with Gasteiger partial charge in [0.1, 0.15) is 5.15 Å². The number of benzene rings is 1. The van der Waals surface area contributed by atoms with E-state index in [1.807, 2.05) is 38.2 Å². The quantitative estimate of drug-likeness (QED) is 0.940. The van der Waals surface area contributed by atoms with Gasteiger partial charge in [-0.05, 0) is 31.0 Å². The molecule has 19 heavy (non-hydrogen) atoms. The molecule has 1 heterocycles. The first-order valence-corrected chi connectivity index (χ1v) is 6.82. The average molecular weight is 299 g/mol. The fraction of sp³-hybridized carbons (Fsp3) is 0.357. The van der Waals surface area contributed by atoms with Gasteiger partial charge in [-0.25, -0.2) is 0 Å². The number of rotatable bonds is 4. The molecular weight excluding hydrogens is 283 g/mol. The van der Waals surface area contributed by atoms with Gasteiger partial charge in [-0.15, -0.1) is 0 Å². The first kappa shape index (κ1) is 14.4. The number of hydrogen-bond acceptors (Lipinski definition) is 2. The highest BCUT2D eigenvalue weighted by Gasteiger charge is 2.18. The Balaban J connectivity index is 2.29. The Hall–Kier alpha value is -1.03. The number of aryl methyl sites for hydroxylation is 2. The Kier molecular flexibility index (Phi) is 4.50. The molecule has 5 heteroatoms. The minimum atomic E-state index is -0.0286. The standard InChI is InChI=1S/C14H16Cl2N2O/c1-9-13(14(16)18(2)17-9)7-11(8-19)10-4-3-5-12(15)6-10/h3-6,11,19H,7-8H2,1-2H3. The normalized spacial score (nSPS) is 12.7. The van der Waals surface area contributed by atoms with E-state index >= 15 is 0 Å². The highest BCUT2D eigenvalue weighted by Crippen LogP contribution is 2.28. The molecule has 1 aromatic carbocycles. The van der Waals surface area contributed by atoms with Crippen LogP contribution in [0.3, 0.4) is 0 Å². The van der Waals surface area contributed by atoms with Crippen LogP contribution >= 0.6 is 23.2 Å². The lowest BCUT2D eigenvalue weighted by Crippen LogP contribution is -2.08. The van der Waals surface area contributed by atoms with Crippen molar-refractivity contribution in [2.45, 2.75) is 19.3 Å². The third-order valence-electron chi connectivity index (χ3n) is 3.26. The van der Waals surface area contributed by atoms with E-state index in [2.05, 4.69) is 5.10 Å². The van der Waals surface area contributed by atoms with Crippen molar-refractivity contribution in [3.8, 4) is 0 Å². The van der Waals surface area contributed by atoms with Crippen molar-refractivity contribution in [1.29, 1.82) is 0 Å². The summed E-state index contributed by atoms with van der Waals surface area (Å²) in [6.45, 7) is 1.97. The molecule has 0 saturated heterocycles. The van der Waals surface area contributed by atoms with Gasteiger partial charge in [0.25, 0.3) is 0 Å². The van der Waals surface area contributed by atoms with Crippen molar-refractivity contribution in [2.24, 2.45) is 7.05 Å². The highest BCUT2D eigenvalue weighted by molar-refractivity contribution is 6.30. The predicted octanol–water partition coefficient (Wildman–Crippen LogP) is 3.35. The Morgan fingerprint density at radius 2 is 2.11 bits per heavy atom. The van der Waals surface area contributed by atoms with Crippen LogP contribution in [-0.4, -0.2) is 21.5 Å². The van der Waals surface area contributed by atoms with E-state index in [9.17, 15) is 5.11 Å². The molecule has 0 bridgehead atoms. The molecule has 102 valence electrons. The van der Waals surface area contributed by atoms with Crippen LogP contribution in [0.15, 0.2) is 24.3 Å². The maximum absolute atomic E-state index is 9.61. The topological polar surface area (TPSA) is 38.0 Å². The van der Waals surface area contributed by atoms with Crippen LogP contribution in [0, 0.1) is 6.92 Å². The van der Waals surface area contributed by atoms with Gasteiger partial charge in [-0.3, -0.25) is 4.68 Å². The summed E-state index contributed by atoms with van der Waals surface area (Å²) in [7, 11) is 1.81. The van der Waals surface area contributed by atoms with Gasteiger partial charge in [0.2, 0.25) is 0 Å². The van der Waals surface area contributed by atoms with Gasteiger partial charge in [0.05, 0.1) is 12.3 Å². The molecule has 3 nitrogen and oxygen atoms in total. The molecule has 1 aromatic heterocycles. The minimum absolute atomic E-state index is 0.0286. The van der Waals surface area contributed by atoms with Crippen molar-refractivity contribution >= 4 is 23.2 Å². The molecule has 0 aliphatic carbocycles. The number of nitrogens with zero attached hydrogens (tertiary/aromatic N) is 2. The third kappa shape index (κ3) is 3.11. The summed E-state index contributed by atoms with van der Waals surface area (Å²) in [6, 6.07) is 7.55. The average Bonchev–Trinajstić information content (AvgIpc) is 2.61. The van der Waals surface area contributed by atoms with Gasteiger partial charge >= 0.3 is 0 Å². The zero-order valence-electron chi connectivity index (χ0n) is 10.9. The molecule has 1 N–H and O–H groups in total. The SMILES string of the molecule is Cc1nn(C)c(Cl)c1CC(CO)c1cccc(Cl)c1. The summed E-state index contributed by atoms with van der Waals surface area (Å²) in [5.41, 5.74) is 2.88. The number of aromatic nitrogens is 2. The zero-order valence-corrected chi connectivity index (χ0v) is 12.4. The Morgan fingerprint density at radius 3 is 2.63 bits per heavy atom. The van der Waals surface area contributed by atoms with E-state index in [0.717, 1.165) is 16.8 Å². The van der Waals surface area contributed by atoms with Crippen LogP contribution in [0.2, 0.25) is 10.2 Å². The largest absolute Gasteiger partial charge is 0.396 e. The summed E-state index contributed by atoms with van der Waals surface area (Å²) in [5.74, 6) is -0.0286. The molecular formula is C14H16Cl2N2O. The van der Waals surface area contributed by atoms with E-state index in [-0.39, 0.29) is 12.5 Å². The second kappa shape index (κ2) is 5.95. The van der Waals surface area contributed by atoms with Crippen molar-refractivity contribution in [3.05, 3.63) is 51.3 Å². The van der Waals surface area contributed by atoms with Crippen LogP contribution in [-0.2, 0) is 13.5 Å². The van der Waals surface area contributed by atoms with Gasteiger partial charge in [-0.1, -0.05) is 35.3 Å². The van der Waals surface area contributed by atoms with Gasteiger partial charge in [0, 0.05) is 23.6 Å². The van der Waals surface area contributed by atoms with E-state index in [4.69, 9.17) is 23.2 Å². The molecule has 1 unspecified atom stereocenters. The number of aliphatic hydroxyl groups excluding tert-OH is 1. The Labute approximate surface area is 122 Å². The van der Waals surface area contributed by atoms with Crippen LogP contribution in [0.4, 0.5) is 0 Å². The molecule has 0 spiro atoms. The summed E-state index contributed by atoms with van der Waals surface area (Å²) >= 11 is 12.2. The third-order valence-corrected chi connectivity index (χ3v) is 3.97. The van der Waals surface area contributed by atoms with Crippen LogP contribution < -0.4 is 0 Å². The first-order chi connectivity index (χ1) is 9.02. The second-order valence-corrected chi connectivity index (χ2v) is 5.41. The lowest BCUT2D eigenvalue weighted by atomic mass is 9.93. The summed E-state index contributed by atoms with van der Waals surface area (Å²) in [6.07, 6.45) is 0.648. The fourth-order valence-electron chi connectivity index (χ4n) is 2.20. The maximum Gasteiger partial charge on any atom is 0.130 e. The number of halogens is 2. The molecule has 2 rings (SSSR count). The van der Waals surface area contributed by atoms with Crippen LogP contribution in [0.1, 0.15) is 22.7 Å². The zero-order chi connectivity index (χ0) is 14.0. The summed E-state index contributed by atoms with van der Waals surface area (Å²) < 4.78 is 1.65.